The molecule has 0 aromatic carbocycles. The van der Waals surface area contributed by atoms with Crippen LogP contribution in [0.15, 0.2) is 22.2 Å². The lowest BCUT2D eigenvalue weighted by atomic mass is 10.2. The minimum absolute atomic E-state index is 0.164. The van der Waals surface area contributed by atoms with Crippen molar-refractivity contribution >= 4 is 29.3 Å². The number of nitrogens with zero attached hydrogens (tertiary/aromatic N) is 2. The van der Waals surface area contributed by atoms with Crippen LogP contribution >= 0.6 is 11.8 Å². The number of carboxylic acid groups (broad SMARTS) is 1. The number of unbranched alkanes of at least 4 members (excludes halogenated alkanes) is 1. The van der Waals surface area contributed by atoms with Crippen LogP contribution in [0.3, 0.4) is 0 Å². The summed E-state index contributed by atoms with van der Waals surface area (Å²) >= 11 is 1.50. The van der Waals surface area contributed by atoms with Gasteiger partial charge in [0, 0.05) is 6.07 Å². The highest BCUT2D eigenvalue weighted by Crippen LogP contribution is 2.19. The molecule has 8 nitrogen and oxygen atoms in total. The maximum absolute atomic E-state index is 12.2. The number of rotatable bonds is 7. The van der Waals surface area contributed by atoms with Crippen molar-refractivity contribution < 1.29 is 14.7 Å². The summed E-state index contributed by atoms with van der Waals surface area (Å²) in [6.45, 7) is 1.52. The van der Waals surface area contributed by atoms with Gasteiger partial charge in [0.05, 0.1) is 0 Å². The highest BCUT2D eigenvalue weighted by Gasteiger charge is 2.19. The second-order valence-electron chi connectivity index (χ2n) is 4.55. The Morgan fingerprint density at radius 1 is 1.50 bits per heavy atom. The van der Waals surface area contributed by atoms with Crippen molar-refractivity contribution in [3.05, 3.63) is 28.2 Å². The Labute approximate surface area is 129 Å². The quantitative estimate of drug-likeness (QED) is 0.510. The van der Waals surface area contributed by atoms with Gasteiger partial charge in [-0.2, -0.15) is 0 Å². The number of aromatic nitrogens is 3. The van der Waals surface area contributed by atoms with E-state index in [1.54, 1.807) is 4.52 Å². The van der Waals surface area contributed by atoms with Gasteiger partial charge in [0.2, 0.25) is 0 Å². The number of aromatic amines is 1. The fourth-order valence-electron chi connectivity index (χ4n) is 1.86. The molecule has 22 heavy (non-hydrogen) atoms. The smallest absolute Gasteiger partial charge is 0.322 e. The second-order valence-corrected chi connectivity index (χ2v) is 5.66. The summed E-state index contributed by atoms with van der Waals surface area (Å²) in [7, 11) is 0. The molecule has 3 N–H and O–H groups in total. The standard InChI is InChI=1S/C13H16N4O4S/c1-2-3-4-22-9-5-8(18)11(12-15-7-16-17(9)12)13(21)14-6-10(19)20/h5,7H,2-4,6H2,1H3,(H,14,21)(H,15,16)(H,19,20). The van der Waals surface area contributed by atoms with E-state index in [0.717, 1.165) is 18.6 Å². The average molecular weight is 324 g/mol. The molecule has 0 spiro atoms. The molecule has 0 bridgehead atoms. The normalized spacial score (nSPS) is 10.8. The molecule has 0 aliphatic heterocycles. The number of thioether (sulfide) groups is 1. The van der Waals surface area contributed by atoms with E-state index in [4.69, 9.17) is 5.11 Å². The van der Waals surface area contributed by atoms with E-state index in [9.17, 15) is 14.4 Å². The maximum Gasteiger partial charge on any atom is 0.322 e. The second kappa shape index (κ2) is 7.12. The van der Waals surface area contributed by atoms with E-state index in [1.807, 2.05) is 0 Å². The number of carbonyl (C=O) groups excluding carboxylic acids is 1. The van der Waals surface area contributed by atoms with Gasteiger partial charge < -0.3 is 10.4 Å². The van der Waals surface area contributed by atoms with Crippen molar-refractivity contribution in [3.8, 4) is 0 Å². The molecule has 2 rings (SSSR count). The fraction of sp³-hybridized carbons (Fsp3) is 0.385. The van der Waals surface area contributed by atoms with Gasteiger partial charge in [-0.1, -0.05) is 13.3 Å². The summed E-state index contributed by atoms with van der Waals surface area (Å²) in [6.07, 6.45) is 3.44. The Balaban J connectivity index is 2.36. The number of hydrogen-bond donors (Lipinski definition) is 3. The Morgan fingerprint density at radius 3 is 2.95 bits per heavy atom. The number of hydrogen-bond acceptors (Lipinski definition) is 5. The van der Waals surface area contributed by atoms with Gasteiger partial charge in [-0.05, 0) is 12.2 Å². The van der Waals surface area contributed by atoms with Crippen molar-refractivity contribution in [2.45, 2.75) is 24.8 Å². The van der Waals surface area contributed by atoms with Crippen molar-refractivity contribution in [3.63, 3.8) is 0 Å². The van der Waals surface area contributed by atoms with E-state index >= 15 is 0 Å². The third-order valence-electron chi connectivity index (χ3n) is 2.91. The van der Waals surface area contributed by atoms with E-state index in [2.05, 4.69) is 22.3 Å². The van der Waals surface area contributed by atoms with Crippen LogP contribution in [0.5, 0.6) is 0 Å². The Morgan fingerprint density at radius 2 is 2.27 bits per heavy atom. The molecule has 2 heterocycles. The van der Waals surface area contributed by atoms with Crippen LogP contribution in [0.1, 0.15) is 30.1 Å². The van der Waals surface area contributed by atoms with E-state index in [1.165, 1.54) is 24.2 Å². The van der Waals surface area contributed by atoms with Crippen LogP contribution in [-0.4, -0.2) is 43.9 Å². The lowest BCUT2D eigenvalue weighted by molar-refractivity contribution is -0.135. The van der Waals surface area contributed by atoms with Gasteiger partial charge in [0.25, 0.3) is 5.91 Å². The molecular formula is C13H16N4O4S. The Bertz CT molecular complexity index is 752. The third kappa shape index (κ3) is 3.48. The number of fused-ring (bicyclic) bond motifs is 1. The van der Waals surface area contributed by atoms with Crippen LogP contribution in [-0.2, 0) is 4.79 Å². The van der Waals surface area contributed by atoms with Crippen molar-refractivity contribution in [1.82, 2.24) is 19.9 Å². The van der Waals surface area contributed by atoms with Crippen LogP contribution < -0.4 is 10.7 Å². The summed E-state index contributed by atoms with van der Waals surface area (Å²) in [5, 5.41) is 14.3. The number of carbonyl (C=O) groups is 2. The molecule has 0 fully saturated rings. The zero-order valence-electron chi connectivity index (χ0n) is 12.0. The number of aliphatic carboxylic acids is 1. The largest absolute Gasteiger partial charge is 0.480 e. The van der Waals surface area contributed by atoms with Crippen LogP contribution in [0, 0.1) is 0 Å². The molecular weight excluding hydrogens is 308 g/mol. The van der Waals surface area contributed by atoms with E-state index in [0.29, 0.717) is 5.03 Å². The first-order chi connectivity index (χ1) is 10.5. The summed E-state index contributed by atoms with van der Waals surface area (Å²) in [5.41, 5.74) is -0.453. The molecule has 0 unspecified atom stereocenters. The molecule has 0 aliphatic rings. The lowest BCUT2D eigenvalue weighted by Crippen LogP contribution is -2.33. The first-order valence-electron chi connectivity index (χ1n) is 6.76. The number of carboxylic acids is 1. The van der Waals surface area contributed by atoms with Crippen LogP contribution in [0.4, 0.5) is 0 Å². The number of nitrogens with one attached hydrogen (secondary N) is 2. The average Bonchev–Trinajstić information content (AvgIpc) is 2.94. The topological polar surface area (TPSA) is 117 Å². The Hall–Kier alpha value is -2.29. The van der Waals surface area contributed by atoms with Gasteiger partial charge in [0.15, 0.2) is 11.1 Å². The monoisotopic (exact) mass is 324 g/mol. The SMILES string of the molecule is CCCCSc1cc(=O)c(C(=O)NCC(=O)O)c2nc[nH]n12. The number of pyridine rings is 1. The van der Waals surface area contributed by atoms with Gasteiger partial charge in [-0.25, -0.2) is 9.50 Å². The molecule has 0 saturated carbocycles. The first kappa shape index (κ1) is 16.1. The highest BCUT2D eigenvalue weighted by atomic mass is 32.2. The highest BCUT2D eigenvalue weighted by molar-refractivity contribution is 7.99. The Kier molecular flexibility index (Phi) is 5.21. The number of amides is 1. The fourth-order valence-corrected chi connectivity index (χ4v) is 2.96. The summed E-state index contributed by atoms with van der Waals surface area (Å²) < 4.78 is 1.55. The van der Waals surface area contributed by atoms with Crippen molar-refractivity contribution in [2.75, 3.05) is 12.3 Å². The molecule has 118 valence electrons. The minimum Gasteiger partial charge on any atom is -0.480 e. The van der Waals surface area contributed by atoms with Gasteiger partial charge in [0.1, 0.15) is 23.5 Å². The predicted octanol–water partition coefficient (Wildman–Crippen LogP) is 0.729. The molecule has 2 aromatic rings. The zero-order chi connectivity index (χ0) is 16.1. The van der Waals surface area contributed by atoms with Crippen molar-refractivity contribution in [2.24, 2.45) is 0 Å². The molecule has 1 amide bonds. The van der Waals surface area contributed by atoms with Crippen LogP contribution in [0.2, 0.25) is 0 Å². The first-order valence-corrected chi connectivity index (χ1v) is 7.75. The lowest BCUT2D eigenvalue weighted by Gasteiger charge is -2.07. The van der Waals surface area contributed by atoms with Crippen molar-refractivity contribution in [1.29, 1.82) is 0 Å². The minimum atomic E-state index is -1.18. The summed E-state index contributed by atoms with van der Waals surface area (Å²) in [5.74, 6) is -1.08. The van der Waals surface area contributed by atoms with E-state index in [-0.39, 0.29) is 11.2 Å². The molecule has 0 saturated heterocycles. The van der Waals surface area contributed by atoms with Gasteiger partial charge in [-0.3, -0.25) is 19.5 Å². The number of H-pyrrole nitrogens is 1. The van der Waals surface area contributed by atoms with Gasteiger partial charge in [-0.15, -0.1) is 11.8 Å². The van der Waals surface area contributed by atoms with Gasteiger partial charge >= 0.3 is 5.97 Å². The molecule has 0 aliphatic carbocycles. The summed E-state index contributed by atoms with van der Waals surface area (Å²) in [6, 6.07) is 1.36. The molecule has 9 heteroatoms. The predicted molar refractivity (Wildman–Crippen MR) is 81.4 cm³/mol. The van der Waals surface area contributed by atoms with E-state index < -0.39 is 23.9 Å². The molecule has 0 radical (unpaired) electrons. The maximum atomic E-state index is 12.2. The van der Waals surface area contributed by atoms with Crippen LogP contribution in [0.25, 0.3) is 5.65 Å². The summed E-state index contributed by atoms with van der Waals surface area (Å²) in [4.78, 5) is 38.7. The molecule has 2 aromatic heterocycles. The molecule has 0 atom stereocenters. The zero-order valence-corrected chi connectivity index (χ0v) is 12.8. The third-order valence-corrected chi connectivity index (χ3v) is 3.99.